The minimum atomic E-state index is -0.690. The number of hydrogen-bond acceptors (Lipinski definition) is 3. The molecule has 3 aromatic carbocycles. The van der Waals surface area contributed by atoms with Crippen molar-refractivity contribution in [3.63, 3.8) is 0 Å². The van der Waals surface area contributed by atoms with E-state index in [1.165, 1.54) is 30.3 Å². The largest absolute Gasteiger partial charge is 0.466 e. The van der Waals surface area contributed by atoms with Gasteiger partial charge in [0.2, 0.25) is 0 Å². The number of esters is 1. The molecule has 0 aliphatic carbocycles. The van der Waals surface area contributed by atoms with Crippen LogP contribution in [0.15, 0.2) is 66.7 Å². The maximum atomic E-state index is 14.3. The molecule has 0 fully saturated rings. The first-order valence-electron chi connectivity index (χ1n) is 9.07. The zero-order valence-electron chi connectivity index (χ0n) is 15.7. The van der Waals surface area contributed by atoms with E-state index in [0.29, 0.717) is 22.4 Å². The van der Waals surface area contributed by atoms with Crippen LogP contribution in [0.2, 0.25) is 0 Å². The van der Waals surface area contributed by atoms with Gasteiger partial charge in [-0.3, -0.25) is 9.59 Å². The van der Waals surface area contributed by atoms with E-state index in [0.717, 1.165) is 0 Å². The van der Waals surface area contributed by atoms with Crippen molar-refractivity contribution < 1.29 is 23.1 Å². The fourth-order valence-corrected chi connectivity index (χ4v) is 2.88. The number of benzene rings is 3. The third-order valence-electron chi connectivity index (χ3n) is 4.21. The molecule has 29 heavy (non-hydrogen) atoms. The molecule has 0 aliphatic heterocycles. The van der Waals surface area contributed by atoms with Crippen LogP contribution in [0.5, 0.6) is 0 Å². The van der Waals surface area contributed by atoms with Gasteiger partial charge in [0, 0.05) is 5.69 Å². The molecule has 0 unspecified atom stereocenters. The molecule has 0 radical (unpaired) electrons. The molecule has 0 atom stereocenters. The Hall–Kier alpha value is -3.54. The van der Waals surface area contributed by atoms with Crippen molar-refractivity contribution in [1.29, 1.82) is 0 Å². The average molecular weight is 395 g/mol. The highest BCUT2D eigenvalue weighted by Gasteiger charge is 2.14. The number of amides is 1. The van der Waals surface area contributed by atoms with Crippen LogP contribution in [0, 0.1) is 11.6 Å². The minimum absolute atomic E-state index is 0.0704. The van der Waals surface area contributed by atoms with Crippen LogP contribution in [0.1, 0.15) is 22.8 Å². The first-order valence-corrected chi connectivity index (χ1v) is 9.07. The highest BCUT2D eigenvalue weighted by atomic mass is 19.1. The highest BCUT2D eigenvalue weighted by molar-refractivity contribution is 6.05. The third-order valence-corrected chi connectivity index (χ3v) is 4.21. The number of nitrogens with one attached hydrogen (secondary N) is 1. The molecule has 0 aromatic heterocycles. The Morgan fingerprint density at radius 3 is 2.45 bits per heavy atom. The molecular weight excluding hydrogens is 376 g/mol. The number of hydrogen-bond donors (Lipinski definition) is 1. The van der Waals surface area contributed by atoms with Crippen molar-refractivity contribution in [3.8, 4) is 11.1 Å². The lowest BCUT2D eigenvalue weighted by Crippen LogP contribution is -2.14. The van der Waals surface area contributed by atoms with Crippen LogP contribution in [-0.4, -0.2) is 18.5 Å². The second-order valence-electron chi connectivity index (χ2n) is 6.34. The Morgan fingerprint density at radius 1 is 0.931 bits per heavy atom. The van der Waals surface area contributed by atoms with Gasteiger partial charge in [0.05, 0.1) is 18.6 Å². The highest BCUT2D eigenvalue weighted by Crippen LogP contribution is 2.24. The molecule has 0 saturated carbocycles. The summed E-state index contributed by atoms with van der Waals surface area (Å²) in [6.45, 7) is 2.01. The van der Waals surface area contributed by atoms with Gasteiger partial charge in [-0.25, -0.2) is 8.78 Å². The van der Waals surface area contributed by atoms with E-state index in [9.17, 15) is 18.4 Å². The lowest BCUT2D eigenvalue weighted by Gasteiger charge is -2.10. The van der Waals surface area contributed by atoms with Crippen molar-refractivity contribution in [3.05, 3.63) is 89.5 Å². The van der Waals surface area contributed by atoms with Crippen molar-refractivity contribution in [2.75, 3.05) is 11.9 Å². The van der Waals surface area contributed by atoms with E-state index in [1.807, 2.05) is 0 Å². The summed E-state index contributed by atoms with van der Waals surface area (Å²) in [6, 6.07) is 16.6. The quantitative estimate of drug-likeness (QED) is 0.598. The molecule has 4 nitrogen and oxygen atoms in total. The Morgan fingerprint density at radius 2 is 1.69 bits per heavy atom. The summed E-state index contributed by atoms with van der Waals surface area (Å²) in [5, 5.41) is 2.63. The van der Waals surface area contributed by atoms with Crippen molar-refractivity contribution in [2.45, 2.75) is 13.3 Å². The van der Waals surface area contributed by atoms with E-state index >= 15 is 0 Å². The first-order chi connectivity index (χ1) is 14.0. The third kappa shape index (κ3) is 5.25. The van der Waals surface area contributed by atoms with Crippen molar-refractivity contribution in [1.82, 2.24) is 0 Å². The SMILES string of the molecule is CCOC(=O)Cc1cccc(NC(=O)c2cc(-c3cccc(F)c3)ccc2F)c1. The topological polar surface area (TPSA) is 55.4 Å². The van der Waals surface area contributed by atoms with E-state index in [1.54, 1.807) is 43.3 Å². The smallest absolute Gasteiger partial charge is 0.310 e. The number of halogens is 2. The summed E-state index contributed by atoms with van der Waals surface area (Å²) < 4.78 is 32.6. The van der Waals surface area contributed by atoms with Gasteiger partial charge in [0.15, 0.2) is 0 Å². The Labute approximate surface area is 167 Å². The summed E-state index contributed by atoms with van der Waals surface area (Å²) in [5.74, 6) is -2.12. The summed E-state index contributed by atoms with van der Waals surface area (Å²) in [5.41, 5.74) is 1.98. The fraction of sp³-hybridized carbons (Fsp3) is 0.130. The van der Waals surface area contributed by atoms with Crippen molar-refractivity contribution in [2.24, 2.45) is 0 Å². The van der Waals surface area contributed by atoms with Crippen LogP contribution < -0.4 is 5.32 Å². The number of carbonyl (C=O) groups is 2. The molecule has 3 aromatic rings. The predicted octanol–water partition coefficient (Wildman–Crippen LogP) is 4.99. The molecule has 6 heteroatoms. The minimum Gasteiger partial charge on any atom is -0.466 e. The number of anilines is 1. The second-order valence-corrected chi connectivity index (χ2v) is 6.34. The predicted molar refractivity (Wildman–Crippen MR) is 107 cm³/mol. The molecule has 1 N–H and O–H groups in total. The van der Waals surface area contributed by atoms with Gasteiger partial charge in [-0.2, -0.15) is 0 Å². The van der Waals surface area contributed by atoms with Gasteiger partial charge in [0.25, 0.3) is 5.91 Å². The van der Waals surface area contributed by atoms with Crippen LogP contribution in [-0.2, 0) is 16.0 Å². The first kappa shape index (κ1) is 20.2. The van der Waals surface area contributed by atoms with Crippen LogP contribution in [0.3, 0.4) is 0 Å². The summed E-state index contributed by atoms with van der Waals surface area (Å²) >= 11 is 0. The zero-order chi connectivity index (χ0) is 20.8. The van der Waals surface area contributed by atoms with E-state index in [4.69, 9.17) is 4.74 Å². The van der Waals surface area contributed by atoms with Crippen molar-refractivity contribution >= 4 is 17.6 Å². The standard InChI is InChI=1S/C23H19F2NO3/c1-2-29-22(27)12-15-5-3-8-19(11-15)26-23(28)20-14-17(9-10-21(20)25)16-6-4-7-18(24)13-16/h3-11,13-14H,2,12H2,1H3,(H,26,28). The molecule has 148 valence electrons. The maximum absolute atomic E-state index is 14.3. The molecule has 0 saturated heterocycles. The Bertz CT molecular complexity index is 1050. The van der Waals surface area contributed by atoms with E-state index in [2.05, 4.69) is 5.32 Å². The lowest BCUT2D eigenvalue weighted by molar-refractivity contribution is -0.142. The van der Waals surface area contributed by atoms with Gasteiger partial charge in [-0.1, -0.05) is 30.3 Å². The van der Waals surface area contributed by atoms with Gasteiger partial charge in [-0.15, -0.1) is 0 Å². The number of ether oxygens (including phenoxy) is 1. The molecule has 0 bridgehead atoms. The normalized spacial score (nSPS) is 10.4. The molecule has 0 heterocycles. The number of carbonyl (C=O) groups excluding carboxylic acids is 2. The summed E-state index contributed by atoms with van der Waals surface area (Å²) in [7, 11) is 0. The molecule has 1 amide bonds. The fourth-order valence-electron chi connectivity index (χ4n) is 2.88. The summed E-state index contributed by atoms with van der Waals surface area (Å²) in [6.07, 6.45) is 0.0704. The van der Waals surface area contributed by atoms with Crippen LogP contribution in [0.4, 0.5) is 14.5 Å². The lowest BCUT2D eigenvalue weighted by atomic mass is 10.0. The van der Waals surface area contributed by atoms with E-state index in [-0.39, 0.29) is 24.6 Å². The van der Waals surface area contributed by atoms with Gasteiger partial charge in [-0.05, 0) is 60.0 Å². The van der Waals surface area contributed by atoms with Crippen LogP contribution in [0.25, 0.3) is 11.1 Å². The van der Waals surface area contributed by atoms with Crippen LogP contribution >= 0.6 is 0 Å². The summed E-state index contributed by atoms with van der Waals surface area (Å²) in [4.78, 5) is 24.2. The Kier molecular flexibility index (Phi) is 6.34. The molecular formula is C23H19F2NO3. The number of rotatable bonds is 6. The molecule has 3 rings (SSSR count). The zero-order valence-corrected chi connectivity index (χ0v) is 15.7. The van der Waals surface area contributed by atoms with Gasteiger partial charge >= 0.3 is 5.97 Å². The monoisotopic (exact) mass is 395 g/mol. The van der Waals surface area contributed by atoms with E-state index < -0.39 is 17.5 Å². The second kappa shape index (κ2) is 9.10. The van der Waals surface area contributed by atoms with Gasteiger partial charge < -0.3 is 10.1 Å². The average Bonchev–Trinajstić information content (AvgIpc) is 2.68. The molecule has 0 spiro atoms. The van der Waals surface area contributed by atoms with Gasteiger partial charge in [0.1, 0.15) is 11.6 Å². The maximum Gasteiger partial charge on any atom is 0.310 e. The molecule has 0 aliphatic rings. The Balaban J connectivity index is 1.80.